The number of carbonyl (C=O) groups is 1. The van der Waals surface area contributed by atoms with E-state index in [1.54, 1.807) is 24.3 Å². The summed E-state index contributed by atoms with van der Waals surface area (Å²) in [5.41, 5.74) is 1.86. The van der Waals surface area contributed by atoms with Gasteiger partial charge in [-0.25, -0.2) is 8.42 Å². The highest BCUT2D eigenvalue weighted by atomic mass is 32.2. The average molecular weight is 445 g/mol. The van der Waals surface area contributed by atoms with Gasteiger partial charge in [0.25, 0.3) is 0 Å². The fourth-order valence-corrected chi connectivity index (χ4v) is 5.68. The second-order valence-corrected chi connectivity index (χ2v) is 9.96. The molecule has 0 aromatic heterocycles. The molecule has 2 aliphatic heterocycles. The minimum absolute atomic E-state index is 0.220. The normalized spacial score (nSPS) is 20.1. The number of hydrogen-bond donors (Lipinski definition) is 1. The van der Waals surface area contributed by atoms with Crippen molar-refractivity contribution >= 4 is 15.9 Å². The van der Waals surface area contributed by atoms with Gasteiger partial charge in [0.05, 0.1) is 10.9 Å². The van der Waals surface area contributed by atoms with Crippen LogP contribution in [0.3, 0.4) is 0 Å². The number of benzene rings is 2. The summed E-state index contributed by atoms with van der Waals surface area (Å²) in [6.45, 7) is 5.14. The highest BCUT2D eigenvalue weighted by Gasteiger charge is 2.38. The predicted molar refractivity (Wildman–Crippen MR) is 117 cm³/mol. The monoisotopic (exact) mass is 444 g/mol. The van der Waals surface area contributed by atoms with Gasteiger partial charge in [0.2, 0.25) is 15.9 Å². The van der Waals surface area contributed by atoms with Gasteiger partial charge in [0.1, 0.15) is 19.3 Å². The molecule has 2 atom stereocenters. The number of rotatable bonds is 5. The zero-order valence-electron chi connectivity index (χ0n) is 17.8. The Kier molecular flexibility index (Phi) is 6.20. The van der Waals surface area contributed by atoms with E-state index in [1.165, 1.54) is 4.31 Å². The van der Waals surface area contributed by atoms with Gasteiger partial charge in [0, 0.05) is 6.54 Å². The number of ether oxygens (including phenoxy) is 2. The van der Waals surface area contributed by atoms with Crippen molar-refractivity contribution in [2.45, 2.75) is 50.1 Å². The molecular formula is C23H28N2O5S. The molecule has 1 N–H and O–H groups in total. The molecule has 0 unspecified atom stereocenters. The fraction of sp³-hybridized carbons (Fsp3) is 0.435. The van der Waals surface area contributed by atoms with Gasteiger partial charge >= 0.3 is 0 Å². The fourth-order valence-electron chi connectivity index (χ4n) is 4.02. The van der Waals surface area contributed by atoms with Crippen LogP contribution in [0.2, 0.25) is 0 Å². The number of amides is 1. The van der Waals surface area contributed by atoms with Crippen molar-refractivity contribution in [3.05, 3.63) is 53.6 Å². The molecule has 166 valence electrons. The number of carbonyl (C=O) groups excluding carboxylic acids is 1. The summed E-state index contributed by atoms with van der Waals surface area (Å²) in [5, 5.41) is 2.99. The summed E-state index contributed by atoms with van der Waals surface area (Å²) in [5.74, 6) is 1.07. The van der Waals surface area contributed by atoms with Crippen LogP contribution in [0.25, 0.3) is 0 Å². The number of nitrogens with one attached hydrogen (secondary N) is 1. The summed E-state index contributed by atoms with van der Waals surface area (Å²) >= 11 is 0. The minimum atomic E-state index is -3.75. The lowest BCUT2D eigenvalue weighted by Gasteiger charge is -2.34. The first kappa shape index (κ1) is 21.6. The third-order valence-corrected chi connectivity index (χ3v) is 7.73. The molecule has 4 rings (SSSR count). The Morgan fingerprint density at radius 3 is 2.52 bits per heavy atom. The van der Waals surface area contributed by atoms with Crippen molar-refractivity contribution in [2.24, 2.45) is 0 Å². The topological polar surface area (TPSA) is 84.9 Å². The lowest BCUT2D eigenvalue weighted by atomic mass is 10.0. The van der Waals surface area contributed by atoms with E-state index < -0.39 is 16.1 Å². The van der Waals surface area contributed by atoms with E-state index in [9.17, 15) is 13.2 Å². The maximum absolute atomic E-state index is 13.2. The predicted octanol–water partition coefficient (Wildman–Crippen LogP) is 3.19. The Hall–Kier alpha value is -2.58. The Morgan fingerprint density at radius 2 is 1.77 bits per heavy atom. The first-order valence-electron chi connectivity index (χ1n) is 10.6. The lowest BCUT2D eigenvalue weighted by Crippen LogP contribution is -2.52. The zero-order chi connectivity index (χ0) is 22.0. The summed E-state index contributed by atoms with van der Waals surface area (Å²) in [6.07, 6.45) is 2.06. The molecule has 0 saturated carbocycles. The van der Waals surface area contributed by atoms with Crippen LogP contribution in [-0.4, -0.2) is 44.4 Å². The molecule has 0 radical (unpaired) electrons. The van der Waals surface area contributed by atoms with Crippen molar-refractivity contribution in [1.82, 2.24) is 9.62 Å². The van der Waals surface area contributed by atoms with E-state index in [0.717, 1.165) is 24.0 Å². The van der Waals surface area contributed by atoms with Crippen molar-refractivity contribution < 1.29 is 22.7 Å². The summed E-state index contributed by atoms with van der Waals surface area (Å²) < 4.78 is 39.0. The molecule has 0 aliphatic carbocycles. The lowest BCUT2D eigenvalue weighted by molar-refractivity contribution is -0.126. The van der Waals surface area contributed by atoms with Gasteiger partial charge in [-0.15, -0.1) is 0 Å². The maximum Gasteiger partial charge on any atom is 0.243 e. The van der Waals surface area contributed by atoms with E-state index in [2.05, 4.69) is 5.32 Å². The smallest absolute Gasteiger partial charge is 0.243 e. The second kappa shape index (κ2) is 8.88. The van der Waals surface area contributed by atoms with Crippen LogP contribution < -0.4 is 14.8 Å². The third kappa shape index (κ3) is 4.55. The van der Waals surface area contributed by atoms with E-state index in [-0.39, 0.29) is 16.8 Å². The molecule has 1 fully saturated rings. The Balaban J connectivity index is 1.51. The molecule has 7 nitrogen and oxygen atoms in total. The Bertz CT molecular complexity index is 1050. The van der Waals surface area contributed by atoms with E-state index in [1.807, 2.05) is 32.0 Å². The first-order chi connectivity index (χ1) is 14.9. The van der Waals surface area contributed by atoms with Crippen LogP contribution in [0.15, 0.2) is 47.4 Å². The highest BCUT2D eigenvalue weighted by molar-refractivity contribution is 7.89. The van der Waals surface area contributed by atoms with Gasteiger partial charge in [-0.1, -0.05) is 30.2 Å². The molecule has 1 saturated heterocycles. The SMILES string of the molecule is Cc1ccc(S(=O)(=O)N2CCCC[C@H]2C(=O)N[C@@H](C)c2ccc3c(c2)OCCO3)cc1. The summed E-state index contributed by atoms with van der Waals surface area (Å²) in [4.78, 5) is 13.4. The number of fused-ring (bicyclic) bond motifs is 1. The molecular weight excluding hydrogens is 416 g/mol. The van der Waals surface area contributed by atoms with Crippen molar-refractivity contribution in [3.8, 4) is 11.5 Å². The molecule has 2 aliphatic rings. The molecule has 31 heavy (non-hydrogen) atoms. The van der Waals surface area contributed by atoms with Crippen LogP contribution >= 0.6 is 0 Å². The number of aryl methyl sites for hydroxylation is 1. The van der Waals surface area contributed by atoms with Gasteiger partial charge in [-0.3, -0.25) is 4.79 Å². The largest absolute Gasteiger partial charge is 0.486 e. The first-order valence-corrected chi connectivity index (χ1v) is 12.1. The summed E-state index contributed by atoms with van der Waals surface area (Å²) in [7, 11) is -3.75. The summed E-state index contributed by atoms with van der Waals surface area (Å²) in [6, 6.07) is 11.3. The van der Waals surface area contributed by atoms with Crippen LogP contribution in [-0.2, 0) is 14.8 Å². The van der Waals surface area contributed by atoms with Gasteiger partial charge < -0.3 is 14.8 Å². The van der Waals surface area contributed by atoms with E-state index in [0.29, 0.717) is 37.7 Å². The van der Waals surface area contributed by atoms with Crippen LogP contribution in [0.4, 0.5) is 0 Å². The van der Waals surface area contributed by atoms with Gasteiger partial charge in [-0.05, 0) is 56.5 Å². The van der Waals surface area contributed by atoms with Crippen LogP contribution in [0.5, 0.6) is 11.5 Å². The number of hydrogen-bond acceptors (Lipinski definition) is 5. The molecule has 1 amide bonds. The number of nitrogens with zero attached hydrogens (tertiary/aromatic N) is 1. The van der Waals surface area contributed by atoms with Crippen LogP contribution in [0.1, 0.15) is 43.4 Å². The van der Waals surface area contributed by atoms with Crippen molar-refractivity contribution in [3.63, 3.8) is 0 Å². The number of sulfonamides is 1. The minimum Gasteiger partial charge on any atom is -0.486 e. The average Bonchev–Trinajstić information content (AvgIpc) is 2.79. The van der Waals surface area contributed by atoms with Gasteiger partial charge in [0.15, 0.2) is 11.5 Å². The Morgan fingerprint density at radius 1 is 1.06 bits per heavy atom. The molecule has 2 aromatic rings. The molecule has 8 heteroatoms. The molecule has 0 spiro atoms. The second-order valence-electron chi connectivity index (χ2n) is 8.07. The third-order valence-electron chi connectivity index (χ3n) is 5.81. The molecule has 0 bridgehead atoms. The number of piperidine rings is 1. The zero-order valence-corrected chi connectivity index (χ0v) is 18.7. The van der Waals surface area contributed by atoms with Crippen molar-refractivity contribution in [1.29, 1.82) is 0 Å². The quantitative estimate of drug-likeness (QED) is 0.766. The van der Waals surface area contributed by atoms with Crippen molar-refractivity contribution in [2.75, 3.05) is 19.8 Å². The standard InChI is InChI=1S/C23H28N2O5S/c1-16-6-9-19(10-7-16)31(27,28)25-12-4-3-5-20(25)23(26)24-17(2)18-8-11-21-22(15-18)30-14-13-29-21/h6-11,15,17,20H,3-5,12-14H2,1-2H3,(H,24,26)/t17-,20-/m0/s1. The van der Waals surface area contributed by atoms with Crippen LogP contribution in [0, 0.1) is 6.92 Å². The van der Waals surface area contributed by atoms with E-state index >= 15 is 0 Å². The molecule has 2 heterocycles. The highest BCUT2D eigenvalue weighted by Crippen LogP contribution is 2.33. The van der Waals surface area contributed by atoms with E-state index in [4.69, 9.17) is 9.47 Å². The maximum atomic E-state index is 13.2. The Labute approximate surface area is 183 Å². The van der Waals surface area contributed by atoms with Gasteiger partial charge in [-0.2, -0.15) is 4.31 Å². The molecule has 2 aromatic carbocycles.